The Balaban J connectivity index is 2.31. The number of benzene rings is 1. The van der Waals surface area contributed by atoms with Crippen molar-refractivity contribution in [3.05, 3.63) is 30.3 Å². The van der Waals surface area contributed by atoms with Gasteiger partial charge in [0.2, 0.25) is 0 Å². The molecule has 0 aliphatic heterocycles. The molecule has 0 saturated heterocycles. The number of hydrogen-bond acceptors (Lipinski definition) is 5. The first-order valence-electron chi connectivity index (χ1n) is 6.05. The lowest BCUT2D eigenvalue weighted by Crippen LogP contribution is -2.13. The Hall–Kier alpha value is -2.02. The molecule has 0 aliphatic rings. The maximum atomic E-state index is 11.2. The largest absolute Gasteiger partial charge is 0.496 e. The van der Waals surface area contributed by atoms with Crippen LogP contribution in [0, 0.1) is 0 Å². The lowest BCUT2D eigenvalue weighted by atomic mass is 10.1. The van der Waals surface area contributed by atoms with E-state index in [0.29, 0.717) is 17.3 Å². The SMILES string of the molecule is COc1ccccc1-c1cc(N)n(CCS(C)(=O)=O)n1. The molecule has 0 aliphatic carbocycles. The van der Waals surface area contributed by atoms with Gasteiger partial charge in [-0.25, -0.2) is 13.1 Å². The number of nitrogens with two attached hydrogens (primary N) is 1. The van der Waals surface area contributed by atoms with E-state index in [1.54, 1.807) is 13.2 Å². The van der Waals surface area contributed by atoms with Crippen LogP contribution in [0.1, 0.15) is 0 Å². The molecule has 0 fully saturated rings. The Morgan fingerprint density at radius 2 is 2.05 bits per heavy atom. The Morgan fingerprint density at radius 1 is 1.35 bits per heavy atom. The third-order valence-corrected chi connectivity index (χ3v) is 3.79. The summed E-state index contributed by atoms with van der Waals surface area (Å²) in [5.41, 5.74) is 7.34. The molecule has 1 aromatic heterocycles. The topological polar surface area (TPSA) is 87.2 Å². The van der Waals surface area contributed by atoms with Crippen LogP contribution in [0.5, 0.6) is 5.75 Å². The minimum atomic E-state index is -3.05. The average molecular weight is 295 g/mol. The summed E-state index contributed by atoms with van der Waals surface area (Å²) in [4.78, 5) is 0. The number of aromatic nitrogens is 2. The van der Waals surface area contributed by atoms with Crippen molar-refractivity contribution in [1.82, 2.24) is 9.78 Å². The summed E-state index contributed by atoms with van der Waals surface area (Å²) in [6.45, 7) is 0.236. The molecule has 0 spiro atoms. The van der Waals surface area contributed by atoms with E-state index in [4.69, 9.17) is 10.5 Å². The number of hydrogen-bond donors (Lipinski definition) is 1. The molecule has 0 atom stereocenters. The van der Waals surface area contributed by atoms with E-state index in [-0.39, 0.29) is 12.3 Å². The van der Waals surface area contributed by atoms with E-state index in [0.717, 1.165) is 5.56 Å². The standard InChI is InChI=1S/C13H17N3O3S/c1-19-12-6-4-3-5-10(12)11-9-13(14)16(15-11)7-8-20(2,17)18/h3-6,9H,7-8,14H2,1-2H3. The van der Waals surface area contributed by atoms with Gasteiger partial charge in [0.1, 0.15) is 21.4 Å². The van der Waals surface area contributed by atoms with Crippen LogP contribution in [0.3, 0.4) is 0 Å². The number of para-hydroxylation sites is 1. The Morgan fingerprint density at radius 3 is 2.70 bits per heavy atom. The molecule has 1 aromatic carbocycles. The van der Waals surface area contributed by atoms with Crippen LogP contribution in [-0.2, 0) is 16.4 Å². The molecule has 0 amide bonds. The van der Waals surface area contributed by atoms with Crippen LogP contribution < -0.4 is 10.5 Å². The van der Waals surface area contributed by atoms with E-state index in [1.165, 1.54) is 10.9 Å². The van der Waals surface area contributed by atoms with Crippen molar-refractivity contribution < 1.29 is 13.2 Å². The first-order valence-corrected chi connectivity index (χ1v) is 8.11. The molecule has 2 rings (SSSR count). The first kappa shape index (κ1) is 14.4. The number of anilines is 1. The third-order valence-electron chi connectivity index (χ3n) is 2.87. The van der Waals surface area contributed by atoms with Gasteiger partial charge in [-0.1, -0.05) is 12.1 Å². The van der Waals surface area contributed by atoms with Gasteiger partial charge in [-0.2, -0.15) is 5.10 Å². The smallest absolute Gasteiger partial charge is 0.149 e. The second-order valence-corrected chi connectivity index (χ2v) is 6.77. The predicted molar refractivity (Wildman–Crippen MR) is 78.3 cm³/mol. The molecule has 0 saturated carbocycles. The molecular formula is C13H17N3O3S. The number of ether oxygens (including phenoxy) is 1. The molecule has 7 heteroatoms. The minimum absolute atomic E-state index is 0.00421. The van der Waals surface area contributed by atoms with Crippen LogP contribution >= 0.6 is 0 Å². The van der Waals surface area contributed by atoms with Crippen LogP contribution in [0.15, 0.2) is 30.3 Å². The van der Waals surface area contributed by atoms with Gasteiger partial charge >= 0.3 is 0 Å². The number of nitrogens with zero attached hydrogens (tertiary/aromatic N) is 2. The molecule has 6 nitrogen and oxygen atoms in total. The van der Waals surface area contributed by atoms with Gasteiger partial charge in [0.25, 0.3) is 0 Å². The summed E-state index contributed by atoms with van der Waals surface area (Å²) >= 11 is 0. The number of sulfone groups is 1. The highest BCUT2D eigenvalue weighted by molar-refractivity contribution is 7.90. The third kappa shape index (κ3) is 3.30. The maximum Gasteiger partial charge on any atom is 0.149 e. The molecule has 20 heavy (non-hydrogen) atoms. The number of methoxy groups -OCH3 is 1. The zero-order valence-electron chi connectivity index (χ0n) is 11.4. The van der Waals surface area contributed by atoms with Crippen molar-refractivity contribution in [2.45, 2.75) is 6.54 Å². The van der Waals surface area contributed by atoms with Gasteiger partial charge in [0.05, 0.1) is 25.1 Å². The minimum Gasteiger partial charge on any atom is -0.496 e. The summed E-state index contributed by atoms with van der Waals surface area (Å²) < 4.78 is 29.1. The van der Waals surface area contributed by atoms with E-state index >= 15 is 0 Å². The van der Waals surface area contributed by atoms with Gasteiger partial charge in [-0.15, -0.1) is 0 Å². The van der Waals surface area contributed by atoms with Gasteiger partial charge < -0.3 is 10.5 Å². The van der Waals surface area contributed by atoms with E-state index in [1.807, 2.05) is 24.3 Å². The average Bonchev–Trinajstić information content (AvgIpc) is 2.77. The van der Waals surface area contributed by atoms with Crippen LogP contribution in [0.4, 0.5) is 5.82 Å². The van der Waals surface area contributed by atoms with Crippen LogP contribution in [0.2, 0.25) is 0 Å². The van der Waals surface area contributed by atoms with Gasteiger partial charge in [-0.05, 0) is 12.1 Å². The highest BCUT2D eigenvalue weighted by Crippen LogP contribution is 2.29. The fourth-order valence-corrected chi connectivity index (χ4v) is 2.36. The quantitative estimate of drug-likeness (QED) is 0.895. The lowest BCUT2D eigenvalue weighted by Gasteiger charge is -2.05. The number of rotatable bonds is 5. The Bertz CT molecular complexity index is 707. The molecule has 0 unspecified atom stereocenters. The molecule has 2 N–H and O–H groups in total. The molecule has 0 radical (unpaired) electrons. The second-order valence-electron chi connectivity index (χ2n) is 4.51. The fourth-order valence-electron chi connectivity index (χ4n) is 1.85. The summed E-state index contributed by atoms with van der Waals surface area (Å²) in [5, 5.41) is 4.34. The lowest BCUT2D eigenvalue weighted by molar-refractivity contribution is 0.416. The van der Waals surface area contributed by atoms with Crippen LogP contribution in [0.25, 0.3) is 11.3 Å². The second kappa shape index (κ2) is 5.54. The highest BCUT2D eigenvalue weighted by atomic mass is 32.2. The van der Waals surface area contributed by atoms with Crippen molar-refractivity contribution in [3.8, 4) is 17.0 Å². The number of nitrogen functional groups attached to an aromatic ring is 1. The normalized spacial score (nSPS) is 11.5. The summed E-state index contributed by atoms with van der Waals surface area (Å²) in [7, 11) is -1.46. The maximum absolute atomic E-state index is 11.2. The Kier molecular flexibility index (Phi) is 3.99. The predicted octanol–water partition coefficient (Wildman–Crippen LogP) is 1.19. The molecule has 0 bridgehead atoms. The molecule has 108 valence electrons. The molecule has 2 aromatic rings. The van der Waals surface area contributed by atoms with E-state index in [2.05, 4.69) is 5.10 Å². The van der Waals surface area contributed by atoms with Crippen LogP contribution in [-0.4, -0.2) is 37.3 Å². The van der Waals surface area contributed by atoms with Crippen molar-refractivity contribution >= 4 is 15.7 Å². The van der Waals surface area contributed by atoms with E-state index < -0.39 is 9.84 Å². The van der Waals surface area contributed by atoms with Gasteiger partial charge in [0, 0.05) is 17.9 Å². The van der Waals surface area contributed by atoms with Gasteiger partial charge in [0.15, 0.2) is 0 Å². The zero-order chi connectivity index (χ0) is 14.8. The summed E-state index contributed by atoms with van der Waals surface area (Å²) in [6, 6.07) is 9.17. The molecular weight excluding hydrogens is 278 g/mol. The first-order chi connectivity index (χ1) is 9.40. The Labute approximate surface area is 118 Å². The van der Waals surface area contributed by atoms with Crippen molar-refractivity contribution in [2.75, 3.05) is 24.9 Å². The number of aryl methyl sites for hydroxylation is 1. The zero-order valence-corrected chi connectivity index (χ0v) is 12.2. The summed E-state index contributed by atoms with van der Waals surface area (Å²) in [6.07, 6.45) is 1.19. The fraction of sp³-hybridized carbons (Fsp3) is 0.308. The molecule has 1 heterocycles. The monoisotopic (exact) mass is 295 g/mol. The van der Waals surface area contributed by atoms with Gasteiger partial charge in [-0.3, -0.25) is 0 Å². The van der Waals surface area contributed by atoms with Crippen molar-refractivity contribution in [2.24, 2.45) is 0 Å². The highest BCUT2D eigenvalue weighted by Gasteiger charge is 2.12. The van der Waals surface area contributed by atoms with E-state index in [9.17, 15) is 8.42 Å². The van der Waals surface area contributed by atoms with Crippen molar-refractivity contribution in [3.63, 3.8) is 0 Å². The van der Waals surface area contributed by atoms with Crippen molar-refractivity contribution in [1.29, 1.82) is 0 Å². The summed E-state index contributed by atoms with van der Waals surface area (Å²) in [5.74, 6) is 1.12.